The van der Waals surface area contributed by atoms with Crippen LogP contribution in [-0.2, 0) is 4.79 Å². The van der Waals surface area contributed by atoms with Crippen molar-refractivity contribution < 1.29 is 9.59 Å². The number of carbonyl (C=O) groups excluding carboxylic acids is 2. The minimum Gasteiger partial charge on any atom is -0.383 e. The van der Waals surface area contributed by atoms with Crippen LogP contribution < -0.4 is 0 Å². The molecule has 1 heterocycles. The minimum atomic E-state index is -0.229. The fourth-order valence-corrected chi connectivity index (χ4v) is 2.48. The second-order valence-corrected chi connectivity index (χ2v) is 5.83. The fraction of sp³-hybridized carbons (Fsp3) is 0.400. The zero-order chi connectivity index (χ0) is 14.7. The highest BCUT2D eigenvalue weighted by Crippen LogP contribution is 2.33. The monoisotopic (exact) mass is 290 g/mol. The normalized spacial score (nSPS) is 15.1. The summed E-state index contributed by atoms with van der Waals surface area (Å²) < 4.78 is 0. The van der Waals surface area contributed by atoms with Crippen molar-refractivity contribution in [2.24, 2.45) is 5.92 Å². The molecule has 0 atom stereocenters. The quantitative estimate of drug-likeness (QED) is 0.265. The van der Waals surface area contributed by atoms with Crippen LogP contribution in [0.2, 0.25) is 0 Å². The molecule has 1 saturated carbocycles. The lowest BCUT2D eigenvalue weighted by Gasteiger charge is -2.11. The number of carbonyl (C=O) groups is 2. The maximum atomic E-state index is 12.7. The first kappa shape index (κ1) is 14.8. The molecule has 0 unspecified atom stereocenters. The Morgan fingerprint density at radius 3 is 2.65 bits per heavy atom. The van der Waals surface area contributed by atoms with Gasteiger partial charge in [-0.1, -0.05) is 0 Å². The third-order valence-electron chi connectivity index (χ3n) is 3.05. The summed E-state index contributed by atoms with van der Waals surface area (Å²) >= 11 is 1.41. The Bertz CT molecular complexity index is 563. The highest BCUT2D eigenvalue weighted by atomic mass is 32.2. The molecule has 5 heteroatoms. The molecular weight excluding hydrogens is 272 g/mol. The SMILES string of the molecule is CSc1ncccc1C(=O)C(=CN(C)C)C(=O)C1CC1. The Morgan fingerprint density at radius 1 is 1.40 bits per heavy atom. The summed E-state index contributed by atoms with van der Waals surface area (Å²) in [6.45, 7) is 0. The van der Waals surface area contributed by atoms with Crippen LogP contribution in [-0.4, -0.2) is 41.8 Å². The number of hydrogen-bond acceptors (Lipinski definition) is 5. The third-order valence-corrected chi connectivity index (χ3v) is 3.77. The van der Waals surface area contributed by atoms with Crippen LogP contribution in [0.1, 0.15) is 23.2 Å². The Labute approximate surface area is 123 Å². The van der Waals surface area contributed by atoms with Gasteiger partial charge in [0, 0.05) is 32.4 Å². The predicted molar refractivity (Wildman–Crippen MR) is 79.8 cm³/mol. The van der Waals surface area contributed by atoms with Crippen molar-refractivity contribution in [3.05, 3.63) is 35.7 Å². The molecule has 0 spiro atoms. The van der Waals surface area contributed by atoms with Gasteiger partial charge in [0.2, 0.25) is 5.78 Å². The zero-order valence-corrected chi connectivity index (χ0v) is 12.7. The average molecular weight is 290 g/mol. The molecule has 0 radical (unpaired) electrons. The molecule has 4 nitrogen and oxygen atoms in total. The van der Waals surface area contributed by atoms with Gasteiger partial charge < -0.3 is 4.90 Å². The van der Waals surface area contributed by atoms with Crippen molar-refractivity contribution in [3.63, 3.8) is 0 Å². The molecule has 0 bridgehead atoms. The predicted octanol–water partition coefficient (Wildman–Crippen LogP) is 2.41. The van der Waals surface area contributed by atoms with Gasteiger partial charge in [-0.25, -0.2) is 4.98 Å². The number of nitrogens with zero attached hydrogens (tertiary/aromatic N) is 2. The Balaban J connectivity index is 2.38. The molecule has 0 amide bonds. The van der Waals surface area contributed by atoms with Crippen molar-refractivity contribution in [1.82, 2.24) is 9.88 Å². The van der Waals surface area contributed by atoms with E-state index in [-0.39, 0.29) is 23.1 Å². The molecule has 1 fully saturated rings. The van der Waals surface area contributed by atoms with E-state index in [1.807, 2.05) is 20.4 Å². The lowest BCUT2D eigenvalue weighted by Crippen LogP contribution is -2.19. The van der Waals surface area contributed by atoms with Gasteiger partial charge in [0.1, 0.15) is 5.03 Å². The van der Waals surface area contributed by atoms with E-state index in [4.69, 9.17) is 0 Å². The highest BCUT2D eigenvalue weighted by Gasteiger charge is 2.35. The van der Waals surface area contributed by atoms with Gasteiger partial charge in [-0.3, -0.25) is 9.59 Å². The molecule has 1 aliphatic rings. The maximum Gasteiger partial charge on any atom is 0.200 e. The van der Waals surface area contributed by atoms with Crippen LogP contribution in [0, 0.1) is 5.92 Å². The van der Waals surface area contributed by atoms with Gasteiger partial charge in [-0.15, -0.1) is 11.8 Å². The fourth-order valence-electron chi connectivity index (χ4n) is 1.93. The van der Waals surface area contributed by atoms with E-state index in [1.165, 1.54) is 11.8 Å². The number of aromatic nitrogens is 1. The van der Waals surface area contributed by atoms with Gasteiger partial charge >= 0.3 is 0 Å². The summed E-state index contributed by atoms with van der Waals surface area (Å²) in [7, 11) is 3.62. The molecule has 0 aromatic carbocycles. The summed E-state index contributed by atoms with van der Waals surface area (Å²) in [5.74, 6) is -0.243. The Kier molecular flexibility index (Phi) is 4.60. The van der Waals surface area contributed by atoms with Crippen molar-refractivity contribution in [3.8, 4) is 0 Å². The minimum absolute atomic E-state index is 0.0274. The summed E-state index contributed by atoms with van der Waals surface area (Å²) in [6.07, 6.45) is 6.93. The first-order valence-corrected chi connectivity index (χ1v) is 7.73. The van der Waals surface area contributed by atoms with Gasteiger partial charge in [0.25, 0.3) is 0 Å². The first-order valence-electron chi connectivity index (χ1n) is 6.50. The number of Topliss-reactive ketones (excluding diaryl/α,β-unsaturated/α-hetero) is 2. The molecule has 1 aromatic heterocycles. The number of allylic oxidation sites excluding steroid dienone is 1. The van der Waals surface area contributed by atoms with Crippen molar-refractivity contribution in [1.29, 1.82) is 0 Å². The smallest absolute Gasteiger partial charge is 0.200 e. The van der Waals surface area contributed by atoms with Gasteiger partial charge in [-0.2, -0.15) is 0 Å². The van der Waals surface area contributed by atoms with E-state index in [2.05, 4.69) is 4.98 Å². The molecule has 2 rings (SSSR count). The number of ketones is 2. The average Bonchev–Trinajstić information content (AvgIpc) is 3.27. The summed E-state index contributed by atoms with van der Waals surface area (Å²) in [4.78, 5) is 30.9. The molecule has 0 aliphatic heterocycles. The second kappa shape index (κ2) is 6.22. The molecular formula is C15H18N2O2S. The molecule has 20 heavy (non-hydrogen) atoms. The van der Waals surface area contributed by atoms with Crippen LogP contribution in [0.3, 0.4) is 0 Å². The van der Waals surface area contributed by atoms with Crippen molar-refractivity contribution in [2.45, 2.75) is 17.9 Å². The highest BCUT2D eigenvalue weighted by molar-refractivity contribution is 7.98. The van der Waals surface area contributed by atoms with Gasteiger partial charge in [0.15, 0.2) is 5.78 Å². The first-order chi connectivity index (χ1) is 9.54. The van der Waals surface area contributed by atoms with E-state index in [9.17, 15) is 9.59 Å². The standard InChI is InChI=1S/C15H18N2O2S/c1-17(2)9-12(13(18)10-6-7-10)14(19)11-5-4-8-16-15(11)20-3/h4-5,8-10H,6-7H2,1-3H3. The second-order valence-electron chi connectivity index (χ2n) is 5.03. The Morgan fingerprint density at radius 2 is 2.10 bits per heavy atom. The number of pyridine rings is 1. The van der Waals surface area contributed by atoms with Crippen LogP contribution >= 0.6 is 11.8 Å². The van der Waals surface area contributed by atoms with Crippen LogP contribution in [0.4, 0.5) is 0 Å². The third kappa shape index (κ3) is 3.28. The topological polar surface area (TPSA) is 50.3 Å². The molecule has 106 valence electrons. The largest absolute Gasteiger partial charge is 0.383 e. The van der Waals surface area contributed by atoms with Crippen LogP contribution in [0.5, 0.6) is 0 Å². The van der Waals surface area contributed by atoms with Gasteiger partial charge in [0.05, 0.1) is 11.1 Å². The van der Waals surface area contributed by atoms with Crippen molar-refractivity contribution in [2.75, 3.05) is 20.4 Å². The number of thioether (sulfide) groups is 1. The molecule has 1 aliphatic carbocycles. The van der Waals surface area contributed by atoms with E-state index in [0.717, 1.165) is 12.8 Å². The van der Waals surface area contributed by atoms with E-state index in [1.54, 1.807) is 29.4 Å². The summed E-state index contributed by atoms with van der Waals surface area (Å²) in [5, 5.41) is 0.658. The molecule has 0 N–H and O–H groups in total. The van der Waals surface area contributed by atoms with E-state index < -0.39 is 0 Å². The summed E-state index contributed by atoms with van der Waals surface area (Å²) in [6, 6.07) is 3.45. The number of rotatable bonds is 6. The molecule has 0 saturated heterocycles. The van der Waals surface area contributed by atoms with Crippen LogP contribution in [0.15, 0.2) is 35.1 Å². The van der Waals surface area contributed by atoms with Gasteiger partial charge in [-0.05, 0) is 31.2 Å². The zero-order valence-electron chi connectivity index (χ0n) is 11.9. The number of hydrogen-bond donors (Lipinski definition) is 0. The van der Waals surface area contributed by atoms with E-state index >= 15 is 0 Å². The summed E-state index contributed by atoms with van der Waals surface area (Å²) in [5.41, 5.74) is 0.767. The lowest BCUT2D eigenvalue weighted by molar-refractivity contribution is -0.116. The maximum absolute atomic E-state index is 12.7. The molecule has 1 aromatic rings. The van der Waals surface area contributed by atoms with E-state index in [0.29, 0.717) is 10.6 Å². The lowest BCUT2D eigenvalue weighted by atomic mass is 9.99. The Hall–Kier alpha value is -1.62. The van der Waals surface area contributed by atoms with Crippen LogP contribution in [0.25, 0.3) is 0 Å². The van der Waals surface area contributed by atoms with Crippen molar-refractivity contribution >= 4 is 23.3 Å².